The van der Waals surface area contributed by atoms with Crippen LogP contribution < -0.4 is 5.73 Å². The number of nitrogens with zero attached hydrogens (tertiary/aromatic N) is 1. The Bertz CT molecular complexity index is 551. The second kappa shape index (κ2) is 6.95. The molecule has 0 radical (unpaired) electrons. The van der Waals surface area contributed by atoms with E-state index in [-0.39, 0.29) is 6.61 Å². The van der Waals surface area contributed by atoms with Crippen LogP contribution in [0.5, 0.6) is 0 Å². The number of carbonyl (C=O) groups excluding carboxylic acids is 1. The van der Waals surface area contributed by atoms with Gasteiger partial charge < -0.3 is 20.7 Å². The summed E-state index contributed by atoms with van der Waals surface area (Å²) in [6.45, 7) is 1.65. The van der Waals surface area contributed by atoms with Crippen LogP contribution in [0.3, 0.4) is 0 Å². The average molecular weight is 302 g/mol. The van der Waals surface area contributed by atoms with Crippen LogP contribution in [0.4, 0.5) is 15.8 Å². The summed E-state index contributed by atoms with van der Waals surface area (Å²) in [5, 5.41) is 30.2. The normalized spacial score (nSPS) is 13.5. The van der Waals surface area contributed by atoms with Gasteiger partial charge in [0.15, 0.2) is 0 Å². The zero-order valence-corrected chi connectivity index (χ0v) is 11.2. The highest BCUT2D eigenvalue weighted by Gasteiger charge is 2.27. The molecular weight excluding hydrogens is 287 g/mol. The Hall–Kier alpha value is -2.26. The number of rotatable bonds is 6. The molecule has 116 valence electrons. The van der Waals surface area contributed by atoms with Crippen molar-refractivity contribution in [1.29, 1.82) is 0 Å². The molecule has 9 heteroatoms. The van der Waals surface area contributed by atoms with E-state index < -0.39 is 52.3 Å². The molecule has 0 aromatic heterocycles. The van der Waals surface area contributed by atoms with Gasteiger partial charge >= 0.3 is 5.97 Å². The SMILES string of the molecule is CCOC(=O)CC(O)C(O)c1cc([N+](=O)[O-])c(N)cc1F. The van der Waals surface area contributed by atoms with Crippen LogP contribution in [0, 0.1) is 15.9 Å². The molecule has 0 amide bonds. The monoisotopic (exact) mass is 302 g/mol. The molecule has 0 saturated heterocycles. The maximum Gasteiger partial charge on any atom is 0.308 e. The van der Waals surface area contributed by atoms with Gasteiger partial charge in [0.1, 0.15) is 17.6 Å². The molecule has 0 aliphatic carbocycles. The Morgan fingerprint density at radius 2 is 2.14 bits per heavy atom. The van der Waals surface area contributed by atoms with Crippen LogP contribution in [0.1, 0.15) is 25.0 Å². The van der Waals surface area contributed by atoms with E-state index in [1.54, 1.807) is 6.92 Å². The van der Waals surface area contributed by atoms with E-state index in [1.165, 1.54) is 0 Å². The third-order valence-corrected chi connectivity index (χ3v) is 2.71. The van der Waals surface area contributed by atoms with Gasteiger partial charge in [0, 0.05) is 17.7 Å². The third-order valence-electron chi connectivity index (χ3n) is 2.71. The van der Waals surface area contributed by atoms with Crippen molar-refractivity contribution in [3.63, 3.8) is 0 Å². The molecule has 0 bridgehead atoms. The smallest absolute Gasteiger partial charge is 0.308 e. The molecule has 4 N–H and O–H groups in total. The minimum Gasteiger partial charge on any atom is -0.466 e. The van der Waals surface area contributed by atoms with Gasteiger partial charge in [-0.05, 0) is 6.92 Å². The van der Waals surface area contributed by atoms with Crippen LogP contribution in [-0.2, 0) is 9.53 Å². The Morgan fingerprint density at radius 1 is 1.52 bits per heavy atom. The van der Waals surface area contributed by atoms with E-state index in [9.17, 15) is 29.5 Å². The summed E-state index contributed by atoms with van der Waals surface area (Å²) >= 11 is 0. The van der Waals surface area contributed by atoms with E-state index >= 15 is 0 Å². The second-order valence-corrected chi connectivity index (χ2v) is 4.21. The van der Waals surface area contributed by atoms with Gasteiger partial charge in [-0.15, -0.1) is 0 Å². The van der Waals surface area contributed by atoms with Gasteiger partial charge in [-0.1, -0.05) is 0 Å². The van der Waals surface area contributed by atoms with E-state index in [1.807, 2.05) is 0 Å². The molecule has 21 heavy (non-hydrogen) atoms. The zero-order chi connectivity index (χ0) is 16.2. The number of nitro benzene ring substituents is 1. The van der Waals surface area contributed by atoms with Gasteiger partial charge in [-0.3, -0.25) is 14.9 Å². The van der Waals surface area contributed by atoms with Gasteiger partial charge in [0.2, 0.25) is 0 Å². The predicted molar refractivity (Wildman–Crippen MR) is 69.7 cm³/mol. The van der Waals surface area contributed by atoms with Crippen molar-refractivity contribution in [2.24, 2.45) is 0 Å². The van der Waals surface area contributed by atoms with E-state index in [2.05, 4.69) is 4.74 Å². The molecule has 0 saturated carbocycles. The molecule has 8 nitrogen and oxygen atoms in total. The molecule has 0 aliphatic heterocycles. The summed E-state index contributed by atoms with van der Waals surface area (Å²) in [6, 6.07) is 1.40. The fourth-order valence-corrected chi connectivity index (χ4v) is 1.69. The summed E-state index contributed by atoms with van der Waals surface area (Å²) in [5.74, 6) is -1.80. The standard InChI is InChI=1S/C12H15FN2O6/c1-2-21-11(17)5-10(16)12(18)6-3-9(15(19)20)8(14)4-7(6)13/h3-4,10,12,16,18H,2,5,14H2,1H3. The highest BCUT2D eigenvalue weighted by molar-refractivity contribution is 5.70. The van der Waals surface area contributed by atoms with Crippen molar-refractivity contribution >= 4 is 17.3 Å². The Labute approximate surface area is 119 Å². The van der Waals surface area contributed by atoms with Gasteiger partial charge in [-0.2, -0.15) is 0 Å². The fraction of sp³-hybridized carbons (Fsp3) is 0.417. The number of ether oxygens (including phenoxy) is 1. The van der Waals surface area contributed by atoms with Crippen LogP contribution >= 0.6 is 0 Å². The van der Waals surface area contributed by atoms with E-state index in [4.69, 9.17) is 5.73 Å². The maximum absolute atomic E-state index is 13.7. The summed E-state index contributed by atoms with van der Waals surface area (Å²) in [7, 11) is 0. The number of anilines is 1. The van der Waals surface area contributed by atoms with Crippen molar-refractivity contribution in [1.82, 2.24) is 0 Å². The van der Waals surface area contributed by atoms with E-state index in [0.29, 0.717) is 6.07 Å². The number of hydrogen-bond acceptors (Lipinski definition) is 7. The lowest BCUT2D eigenvalue weighted by molar-refractivity contribution is -0.384. The first-order valence-electron chi connectivity index (χ1n) is 6.03. The first-order chi connectivity index (χ1) is 9.77. The van der Waals surface area contributed by atoms with Crippen molar-refractivity contribution in [3.8, 4) is 0 Å². The highest BCUT2D eigenvalue weighted by atomic mass is 19.1. The summed E-state index contributed by atoms with van der Waals surface area (Å²) < 4.78 is 18.3. The number of nitro groups is 1. The molecule has 2 atom stereocenters. The topological polar surface area (TPSA) is 136 Å². The lowest BCUT2D eigenvalue weighted by atomic mass is 10.0. The number of aliphatic hydroxyl groups is 2. The van der Waals surface area contributed by atoms with Crippen molar-refractivity contribution in [2.45, 2.75) is 25.6 Å². The minimum atomic E-state index is -1.83. The molecular formula is C12H15FN2O6. The van der Waals surface area contributed by atoms with E-state index in [0.717, 1.165) is 6.07 Å². The minimum absolute atomic E-state index is 0.0867. The molecule has 0 aliphatic rings. The predicted octanol–water partition coefficient (Wildman–Crippen LogP) is 0.664. The Kier molecular flexibility index (Phi) is 5.56. The van der Waals surface area contributed by atoms with Crippen molar-refractivity contribution < 1.29 is 29.1 Å². The number of nitrogens with two attached hydrogens (primary N) is 1. The number of hydrogen-bond donors (Lipinski definition) is 3. The number of halogens is 1. The van der Waals surface area contributed by atoms with Gasteiger partial charge in [0.25, 0.3) is 5.69 Å². The van der Waals surface area contributed by atoms with Crippen LogP contribution in [-0.4, -0.2) is 33.8 Å². The second-order valence-electron chi connectivity index (χ2n) is 4.21. The number of carbonyl (C=O) groups is 1. The molecule has 0 spiro atoms. The summed E-state index contributed by atoms with van der Waals surface area (Å²) in [4.78, 5) is 21.1. The van der Waals surface area contributed by atoms with Gasteiger partial charge in [-0.25, -0.2) is 4.39 Å². The molecule has 1 aromatic carbocycles. The fourth-order valence-electron chi connectivity index (χ4n) is 1.69. The number of esters is 1. The van der Waals surface area contributed by atoms with Crippen LogP contribution in [0.25, 0.3) is 0 Å². The average Bonchev–Trinajstić information content (AvgIpc) is 2.37. The lowest BCUT2D eigenvalue weighted by Crippen LogP contribution is -2.24. The molecule has 1 aromatic rings. The maximum atomic E-state index is 13.7. The molecule has 1 rings (SSSR count). The molecule has 0 fully saturated rings. The van der Waals surface area contributed by atoms with Crippen molar-refractivity contribution in [2.75, 3.05) is 12.3 Å². The highest BCUT2D eigenvalue weighted by Crippen LogP contribution is 2.30. The summed E-state index contributed by atoms with van der Waals surface area (Å²) in [6.07, 6.45) is -4.07. The lowest BCUT2D eigenvalue weighted by Gasteiger charge is -2.18. The quantitative estimate of drug-likeness (QED) is 0.304. The summed E-state index contributed by atoms with van der Waals surface area (Å²) in [5.41, 5.74) is 3.76. The van der Waals surface area contributed by atoms with Crippen LogP contribution in [0.2, 0.25) is 0 Å². The first kappa shape index (κ1) is 16.8. The number of benzene rings is 1. The Balaban J connectivity index is 3.01. The van der Waals surface area contributed by atoms with Gasteiger partial charge in [0.05, 0.1) is 24.1 Å². The first-order valence-corrected chi connectivity index (χ1v) is 6.03. The van der Waals surface area contributed by atoms with Crippen LogP contribution in [0.15, 0.2) is 12.1 Å². The largest absolute Gasteiger partial charge is 0.466 e. The third kappa shape index (κ3) is 4.10. The molecule has 2 unspecified atom stereocenters. The molecule has 0 heterocycles. The number of nitrogen functional groups attached to an aromatic ring is 1. The Morgan fingerprint density at radius 3 is 2.67 bits per heavy atom. The van der Waals surface area contributed by atoms with Crippen molar-refractivity contribution in [3.05, 3.63) is 33.6 Å². The number of aliphatic hydroxyl groups excluding tert-OH is 2. The zero-order valence-electron chi connectivity index (χ0n) is 11.2.